The molecule has 0 aliphatic carbocycles. The minimum atomic E-state index is -1.43. The summed E-state index contributed by atoms with van der Waals surface area (Å²) in [6, 6.07) is 2.50. The third kappa shape index (κ3) is 12.5. The van der Waals surface area contributed by atoms with Crippen molar-refractivity contribution in [1.29, 1.82) is 5.26 Å². The van der Waals surface area contributed by atoms with Gasteiger partial charge in [-0.3, -0.25) is 9.36 Å². The molecule has 1 fully saturated rings. The third-order valence-electron chi connectivity index (χ3n) is 7.22. The number of carbonyl (C=O) groups excluding carboxylic acids is 2. The summed E-state index contributed by atoms with van der Waals surface area (Å²) in [5, 5.41) is 12.3. The van der Waals surface area contributed by atoms with E-state index in [-0.39, 0.29) is 61.0 Å². The number of nitrogens with one attached hydrogen (secondary N) is 1. The first-order chi connectivity index (χ1) is 21.0. The number of Topliss-reactive ketones (excluding diaryl/α,β-unsaturated/α-hetero) is 1. The van der Waals surface area contributed by atoms with E-state index in [1.165, 1.54) is 6.92 Å². The second kappa shape index (κ2) is 19.9. The molecule has 13 heteroatoms. The molecule has 2 rings (SSSR count). The molecule has 0 amide bonds. The molecular formula is C31H52N5O7P. The Hall–Kier alpha value is -2.42. The maximum absolute atomic E-state index is 13.1. The van der Waals surface area contributed by atoms with Gasteiger partial charge in [0, 0.05) is 43.2 Å². The van der Waals surface area contributed by atoms with E-state index < -0.39 is 14.8 Å². The Kier molecular flexibility index (Phi) is 17.0. The average molecular weight is 638 g/mol. The number of rotatable bonds is 21. The third-order valence-corrected chi connectivity index (χ3v) is 9.38. The second-order valence-electron chi connectivity index (χ2n) is 11.7. The van der Waals surface area contributed by atoms with Crippen LogP contribution in [0.3, 0.4) is 0 Å². The van der Waals surface area contributed by atoms with Crippen LogP contribution in [0, 0.1) is 18.3 Å². The summed E-state index contributed by atoms with van der Waals surface area (Å²) in [6.07, 6.45) is 6.17. The van der Waals surface area contributed by atoms with Crippen molar-refractivity contribution in [2.24, 2.45) is 0 Å². The summed E-state index contributed by atoms with van der Waals surface area (Å²) in [5.41, 5.74) is 0.458. The van der Waals surface area contributed by atoms with Gasteiger partial charge in [0.25, 0.3) is 8.53 Å². The minimum absolute atomic E-state index is 0.0168. The maximum Gasteiger partial charge on any atom is 0.351 e. The van der Waals surface area contributed by atoms with E-state index in [9.17, 15) is 14.4 Å². The molecule has 1 aromatic rings. The van der Waals surface area contributed by atoms with Gasteiger partial charge in [-0.2, -0.15) is 10.2 Å². The first-order valence-corrected chi connectivity index (χ1v) is 17.0. The highest BCUT2D eigenvalue weighted by Crippen LogP contribution is 2.50. The Morgan fingerprint density at radius 3 is 2.52 bits per heavy atom. The van der Waals surface area contributed by atoms with Gasteiger partial charge < -0.3 is 28.6 Å². The van der Waals surface area contributed by atoms with Gasteiger partial charge in [0.1, 0.15) is 17.8 Å². The number of nitriles is 1. The number of anilines is 1. The van der Waals surface area contributed by atoms with E-state index in [1.807, 2.05) is 13.8 Å². The summed E-state index contributed by atoms with van der Waals surface area (Å²) in [7, 11) is -1.43. The molecule has 0 saturated carbocycles. The number of aromatic nitrogens is 2. The fourth-order valence-corrected chi connectivity index (χ4v) is 6.79. The second-order valence-corrected chi connectivity index (χ2v) is 13.1. The lowest BCUT2D eigenvalue weighted by molar-refractivity contribution is -0.144. The Bertz CT molecular complexity index is 1130. The van der Waals surface area contributed by atoms with E-state index in [0.717, 1.165) is 37.7 Å². The van der Waals surface area contributed by atoms with E-state index in [4.69, 9.17) is 23.8 Å². The Morgan fingerprint density at radius 2 is 1.89 bits per heavy atom. The zero-order chi connectivity index (χ0) is 32.6. The van der Waals surface area contributed by atoms with Crippen LogP contribution in [0.2, 0.25) is 0 Å². The Morgan fingerprint density at radius 1 is 1.18 bits per heavy atom. The van der Waals surface area contributed by atoms with Crippen molar-refractivity contribution in [3.8, 4) is 6.07 Å². The molecular weight excluding hydrogens is 585 g/mol. The number of aryl methyl sites for hydroxylation is 1. The SMILES string of the molecule is CC[C@H]1O[C@@H](n2cc(C)c(NCCCCCCOC(=O)CCC(C)=O)nc2=O)CC1OP(OCCC#N)N(C(C)C)C(C)C. The van der Waals surface area contributed by atoms with Crippen molar-refractivity contribution in [2.45, 2.75) is 137 Å². The van der Waals surface area contributed by atoms with Crippen LogP contribution >= 0.6 is 8.53 Å². The van der Waals surface area contributed by atoms with Crippen LogP contribution < -0.4 is 11.0 Å². The smallest absolute Gasteiger partial charge is 0.351 e. The van der Waals surface area contributed by atoms with Crippen molar-refractivity contribution in [2.75, 3.05) is 25.1 Å². The molecule has 2 unspecified atom stereocenters. The number of ether oxygens (including phenoxy) is 2. The number of nitrogens with zero attached hydrogens (tertiary/aromatic N) is 4. The lowest BCUT2D eigenvalue weighted by Crippen LogP contribution is -2.35. The topological polar surface area (TPSA) is 145 Å². The standard InChI is InChI=1S/C31H52N5O7P/c1-8-26-27(43-44(41-19-13-16-32)36(22(2)3)23(4)5)20-28(42-26)35-21-24(6)30(34-31(35)39)33-17-11-9-10-12-18-40-29(38)15-14-25(7)37/h21-23,26-28H,8-15,17-20H2,1-7H3,(H,33,34,39)/t26-,27?,28-,44?/m1/s1. The molecule has 1 aliphatic rings. The van der Waals surface area contributed by atoms with Gasteiger partial charge >= 0.3 is 11.7 Å². The highest BCUT2D eigenvalue weighted by atomic mass is 31.2. The number of hydrogen-bond donors (Lipinski definition) is 1. The van der Waals surface area contributed by atoms with Crippen molar-refractivity contribution in [1.82, 2.24) is 14.2 Å². The Labute approximate surface area is 263 Å². The van der Waals surface area contributed by atoms with Crippen LogP contribution in [0.15, 0.2) is 11.0 Å². The largest absolute Gasteiger partial charge is 0.466 e. The maximum atomic E-state index is 13.1. The van der Waals surface area contributed by atoms with Gasteiger partial charge in [0.2, 0.25) is 0 Å². The van der Waals surface area contributed by atoms with Crippen LogP contribution in [-0.4, -0.2) is 70.0 Å². The molecule has 248 valence electrons. The molecule has 0 aromatic carbocycles. The van der Waals surface area contributed by atoms with Crippen molar-refractivity contribution in [3.05, 3.63) is 22.2 Å². The van der Waals surface area contributed by atoms with Crippen molar-refractivity contribution >= 4 is 26.1 Å². The summed E-state index contributed by atoms with van der Waals surface area (Å²) in [5.74, 6) is 0.212. The van der Waals surface area contributed by atoms with Gasteiger partial charge in [0.15, 0.2) is 0 Å². The lowest BCUT2D eigenvalue weighted by atomic mass is 10.1. The van der Waals surface area contributed by atoms with Gasteiger partial charge in [-0.25, -0.2) is 9.46 Å². The monoisotopic (exact) mass is 637 g/mol. The molecule has 1 aliphatic heterocycles. The number of unbranched alkanes of at least 4 members (excludes halogenated alkanes) is 3. The van der Waals surface area contributed by atoms with Crippen LogP contribution in [0.4, 0.5) is 5.82 Å². The molecule has 4 atom stereocenters. The zero-order valence-electron chi connectivity index (χ0n) is 27.5. The van der Waals surface area contributed by atoms with Crippen molar-refractivity contribution in [3.63, 3.8) is 0 Å². The van der Waals surface area contributed by atoms with Gasteiger partial charge in [-0.1, -0.05) is 13.3 Å². The normalized spacial score (nSPS) is 19.0. The summed E-state index contributed by atoms with van der Waals surface area (Å²) in [4.78, 5) is 39.9. The number of esters is 1. The fraction of sp³-hybridized carbons (Fsp3) is 0.774. The molecule has 12 nitrogen and oxygen atoms in total. The molecule has 44 heavy (non-hydrogen) atoms. The van der Waals surface area contributed by atoms with Crippen LogP contribution in [0.1, 0.15) is 111 Å². The first kappa shape index (κ1) is 37.8. The average Bonchev–Trinajstić information content (AvgIpc) is 3.36. The lowest BCUT2D eigenvalue weighted by Gasteiger charge is -2.37. The summed E-state index contributed by atoms with van der Waals surface area (Å²) < 4.78 is 27.9. The van der Waals surface area contributed by atoms with E-state index in [0.29, 0.717) is 32.0 Å². The van der Waals surface area contributed by atoms with Crippen molar-refractivity contribution < 1.29 is 28.1 Å². The van der Waals surface area contributed by atoms with E-state index in [2.05, 4.69) is 48.7 Å². The van der Waals surface area contributed by atoms with Crippen LogP contribution in [-0.2, 0) is 28.1 Å². The van der Waals surface area contributed by atoms with E-state index in [1.54, 1.807) is 10.8 Å². The molecule has 1 aromatic heterocycles. The zero-order valence-corrected chi connectivity index (χ0v) is 28.4. The molecule has 0 bridgehead atoms. The quantitative estimate of drug-likeness (QED) is 0.0992. The molecule has 0 radical (unpaired) electrons. The van der Waals surface area contributed by atoms with Crippen LogP contribution in [0.25, 0.3) is 0 Å². The van der Waals surface area contributed by atoms with E-state index >= 15 is 0 Å². The predicted molar refractivity (Wildman–Crippen MR) is 170 cm³/mol. The summed E-state index contributed by atoms with van der Waals surface area (Å²) >= 11 is 0. The number of carbonyl (C=O) groups is 2. The number of ketones is 1. The molecule has 1 N–H and O–H groups in total. The Balaban J connectivity index is 1.92. The highest BCUT2D eigenvalue weighted by molar-refractivity contribution is 7.44. The molecule has 0 spiro atoms. The molecule has 1 saturated heterocycles. The fourth-order valence-electron chi connectivity index (χ4n) is 5.03. The highest BCUT2D eigenvalue weighted by Gasteiger charge is 2.40. The predicted octanol–water partition coefficient (Wildman–Crippen LogP) is 5.80. The summed E-state index contributed by atoms with van der Waals surface area (Å²) in [6.45, 7) is 15.1. The van der Waals surface area contributed by atoms with Gasteiger partial charge in [0.05, 0.1) is 44.3 Å². The van der Waals surface area contributed by atoms with Gasteiger partial charge in [-0.15, -0.1) is 0 Å². The minimum Gasteiger partial charge on any atom is -0.466 e. The van der Waals surface area contributed by atoms with Gasteiger partial charge in [-0.05, 0) is 67.2 Å². The van der Waals surface area contributed by atoms with Crippen LogP contribution in [0.5, 0.6) is 0 Å². The number of hydrogen-bond acceptors (Lipinski definition) is 11. The first-order valence-electron chi connectivity index (χ1n) is 15.9. The molecule has 2 heterocycles.